The number of amides is 1. The number of carbonyl (C=O) groups excluding carboxylic acids is 2. The summed E-state index contributed by atoms with van der Waals surface area (Å²) in [4.78, 5) is 24.0. The van der Waals surface area contributed by atoms with Gasteiger partial charge in [-0.25, -0.2) is 13.5 Å². The van der Waals surface area contributed by atoms with E-state index in [1.807, 2.05) is 0 Å². The van der Waals surface area contributed by atoms with Crippen LogP contribution in [0.15, 0.2) is 54.6 Å². The number of nitrogens with one attached hydrogen (secondary N) is 1. The quantitative estimate of drug-likeness (QED) is 0.617. The van der Waals surface area contributed by atoms with Crippen molar-refractivity contribution >= 4 is 17.7 Å². The minimum atomic E-state index is -0.535. The van der Waals surface area contributed by atoms with Crippen molar-refractivity contribution in [1.29, 1.82) is 0 Å². The molecule has 0 radical (unpaired) electrons. The molecule has 1 N–H and O–H groups in total. The smallest absolute Gasteiger partial charge is 0.306 e. The van der Waals surface area contributed by atoms with Gasteiger partial charge in [-0.05, 0) is 55.3 Å². The number of halogens is 2. The lowest BCUT2D eigenvalue weighted by molar-refractivity contribution is -0.147. The average molecular weight is 399 g/mol. The number of aryl methyl sites for hydroxylation is 2. The Labute approximate surface area is 166 Å². The number of hydrogen-bond donors (Lipinski definition) is 1. The molecule has 0 aliphatic heterocycles. The summed E-state index contributed by atoms with van der Waals surface area (Å²) in [5.74, 6) is -1.41. The molecule has 1 amide bonds. The molecule has 0 saturated carbocycles. The van der Waals surface area contributed by atoms with Crippen LogP contribution in [0, 0.1) is 18.6 Å². The predicted molar refractivity (Wildman–Crippen MR) is 103 cm³/mol. The Bertz CT molecular complexity index is 999. The predicted octanol–water partition coefficient (Wildman–Crippen LogP) is 3.57. The maximum Gasteiger partial charge on any atom is 0.306 e. The first-order chi connectivity index (χ1) is 13.9. The van der Waals surface area contributed by atoms with Gasteiger partial charge in [-0.15, -0.1) is 0 Å². The lowest BCUT2D eigenvalue weighted by Crippen LogP contribution is -2.22. The summed E-state index contributed by atoms with van der Waals surface area (Å²) >= 11 is 0. The molecule has 3 aromatic rings. The highest BCUT2D eigenvalue weighted by Crippen LogP contribution is 2.17. The molecule has 0 aliphatic rings. The fraction of sp³-hybridized carbons (Fsp3) is 0.190. The number of aromatic nitrogens is 2. The van der Waals surface area contributed by atoms with Gasteiger partial charge in [-0.1, -0.05) is 12.1 Å². The maximum absolute atomic E-state index is 13.1. The van der Waals surface area contributed by atoms with Crippen LogP contribution < -0.4 is 5.32 Å². The average Bonchev–Trinajstić information content (AvgIpc) is 3.06. The Kier molecular flexibility index (Phi) is 6.33. The van der Waals surface area contributed by atoms with Crippen molar-refractivity contribution in [1.82, 2.24) is 9.78 Å². The van der Waals surface area contributed by atoms with Gasteiger partial charge in [0.2, 0.25) is 0 Å². The molecule has 1 aromatic heterocycles. The first-order valence-electron chi connectivity index (χ1n) is 8.93. The molecular weight excluding hydrogens is 380 g/mol. The van der Waals surface area contributed by atoms with Crippen LogP contribution in [-0.4, -0.2) is 28.3 Å². The lowest BCUT2D eigenvalue weighted by Gasteiger charge is -2.09. The molecule has 29 heavy (non-hydrogen) atoms. The third kappa shape index (κ3) is 5.71. The summed E-state index contributed by atoms with van der Waals surface area (Å²) in [5, 5.41) is 6.90. The molecule has 3 rings (SSSR count). The van der Waals surface area contributed by atoms with E-state index in [9.17, 15) is 18.4 Å². The summed E-state index contributed by atoms with van der Waals surface area (Å²) in [7, 11) is 0. The van der Waals surface area contributed by atoms with Crippen molar-refractivity contribution in [3.63, 3.8) is 0 Å². The van der Waals surface area contributed by atoms with Gasteiger partial charge in [0.1, 0.15) is 17.5 Å². The minimum absolute atomic E-state index is 0.0749. The van der Waals surface area contributed by atoms with E-state index in [0.717, 1.165) is 5.56 Å². The number of benzene rings is 2. The second kappa shape index (κ2) is 9.09. The molecule has 0 saturated heterocycles. The molecule has 0 unspecified atom stereocenters. The van der Waals surface area contributed by atoms with Gasteiger partial charge in [-0.3, -0.25) is 9.59 Å². The largest absolute Gasteiger partial charge is 0.456 e. The van der Waals surface area contributed by atoms with Crippen LogP contribution >= 0.6 is 0 Å². The van der Waals surface area contributed by atoms with Gasteiger partial charge in [0.25, 0.3) is 5.91 Å². The number of carbonyl (C=O) groups is 2. The molecule has 0 fully saturated rings. The lowest BCUT2D eigenvalue weighted by atomic mass is 10.1. The minimum Gasteiger partial charge on any atom is -0.456 e. The van der Waals surface area contributed by atoms with Crippen LogP contribution in [0.25, 0.3) is 5.69 Å². The van der Waals surface area contributed by atoms with Crippen LogP contribution in [0.5, 0.6) is 0 Å². The molecule has 1 heterocycles. The van der Waals surface area contributed by atoms with Crippen molar-refractivity contribution in [2.45, 2.75) is 19.8 Å². The molecule has 6 nitrogen and oxygen atoms in total. The van der Waals surface area contributed by atoms with Crippen molar-refractivity contribution < 1.29 is 23.1 Å². The summed E-state index contributed by atoms with van der Waals surface area (Å²) in [6.45, 7) is 1.31. The zero-order valence-corrected chi connectivity index (χ0v) is 15.7. The van der Waals surface area contributed by atoms with E-state index in [0.29, 0.717) is 23.6 Å². The summed E-state index contributed by atoms with van der Waals surface area (Å²) in [5.41, 5.74) is 2.03. The van der Waals surface area contributed by atoms with E-state index in [1.165, 1.54) is 41.1 Å². The highest BCUT2D eigenvalue weighted by Gasteiger charge is 2.13. The summed E-state index contributed by atoms with van der Waals surface area (Å²) in [6, 6.07) is 13.1. The van der Waals surface area contributed by atoms with E-state index in [-0.39, 0.29) is 18.1 Å². The van der Waals surface area contributed by atoms with Crippen LogP contribution in [-0.2, 0) is 20.7 Å². The first-order valence-corrected chi connectivity index (χ1v) is 8.93. The van der Waals surface area contributed by atoms with Gasteiger partial charge in [0, 0.05) is 12.5 Å². The van der Waals surface area contributed by atoms with Gasteiger partial charge < -0.3 is 10.1 Å². The molecule has 0 atom stereocenters. The molecule has 0 bridgehead atoms. The summed E-state index contributed by atoms with van der Waals surface area (Å²) in [6.07, 6.45) is 0.461. The third-order valence-corrected chi connectivity index (χ3v) is 4.07. The van der Waals surface area contributed by atoms with Crippen molar-refractivity contribution in [3.05, 3.63) is 77.5 Å². The van der Waals surface area contributed by atoms with Gasteiger partial charge in [-0.2, -0.15) is 5.10 Å². The Balaban J connectivity index is 1.52. The van der Waals surface area contributed by atoms with E-state index in [2.05, 4.69) is 10.4 Å². The van der Waals surface area contributed by atoms with E-state index in [4.69, 9.17) is 4.74 Å². The van der Waals surface area contributed by atoms with E-state index in [1.54, 1.807) is 25.1 Å². The molecule has 0 aliphatic carbocycles. The molecule has 2 aromatic carbocycles. The monoisotopic (exact) mass is 399 g/mol. The second-order valence-electron chi connectivity index (χ2n) is 6.39. The van der Waals surface area contributed by atoms with Crippen LogP contribution in [0.1, 0.15) is 17.7 Å². The third-order valence-electron chi connectivity index (χ3n) is 4.07. The zero-order valence-electron chi connectivity index (χ0n) is 15.7. The number of esters is 1. The molecule has 8 heteroatoms. The topological polar surface area (TPSA) is 73.2 Å². The fourth-order valence-electron chi connectivity index (χ4n) is 2.66. The highest BCUT2D eigenvalue weighted by molar-refractivity contribution is 5.92. The molecular formula is C21H19F2N3O3. The van der Waals surface area contributed by atoms with Crippen LogP contribution in [0.2, 0.25) is 0 Å². The SMILES string of the molecule is Cc1cc(NC(=O)COC(=O)CCc2ccc(F)cc2)n(-c2ccc(F)cc2)n1. The number of hydrogen-bond acceptors (Lipinski definition) is 4. The van der Waals surface area contributed by atoms with E-state index >= 15 is 0 Å². The Morgan fingerprint density at radius 1 is 1.03 bits per heavy atom. The van der Waals surface area contributed by atoms with Crippen molar-refractivity contribution in [3.8, 4) is 5.69 Å². The summed E-state index contributed by atoms with van der Waals surface area (Å²) < 4.78 is 32.4. The van der Waals surface area contributed by atoms with Gasteiger partial charge >= 0.3 is 5.97 Å². The Hall–Kier alpha value is -3.55. The Morgan fingerprint density at radius 2 is 1.66 bits per heavy atom. The number of nitrogens with zero attached hydrogens (tertiary/aromatic N) is 2. The van der Waals surface area contributed by atoms with E-state index < -0.39 is 18.5 Å². The van der Waals surface area contributed by atoms with Crippen LogP contribution in [0.4, 0.5) is 14.6 Å². The molecule has 150 valence electrons. The van der Waals surface area contributed by atoms with Gasteiger partial charge in [0.05, 0.1) is 11.4 Å². The molecule has 0 spiro atoms. The fourth-order valence-corrected chi connectivity index (χ4v) is 2.66. The number of ether oxygens (including phenoxy) is 1. The zero-order chi connectivity index (χ0) is 20.8. The number of anilines is 1. The van der Waals surface area contributed by atoms with Gasteiger partial charge in [0.15, 0.2) is 6.61 Å². The standard InChI is InChI=1S/C21H19F2N3O3/c1-14-12-19(26(25-14)18-9-7-17(23)8-10-18)24-20(27)13-29-21(28)11-4-15-2-5-16(22)6-3-15/h2-3,5-10,12H,4,11,13H2,1H3,(H,24,27). The second-order valence-corrected chi connectivity index (χ2v) is 6.39. The van der Waals surface area contributed by atoms with Crippen molar-refractivity contribution in [2.24, 2.45) is 0 Å². The van der Waals surface area contributed by atoms with Crippen molar-refractivity contribution in [2.75, 3.05) is 11.9 Å². The van der Waals surface area contributed by atoms with Crippen LogP contribution in [0.3, 0.4) is 0 Å². The highest BCUT2D eigenvalue weighted by atomic mass is 19.1. The Morgan fingerprint density at radius 3 is 2.31 bits per heavy atom. The maximum atomic E-state index is 13.1. The number of rotatable bonds is 7. The normalized spacial score (nSPS) is 10.6. The first kappa shape index (κ1) is 20.2.